The first-order chi connectivity index (χ1) is 7.78. The summed E-state index contributed by atoms with van der Waals surface area (Å²) < 4.78 is 0. The Balaban J connectivity index is 2.18. The Morgan fingerprint density at radius 1 is 1.00 bits per heavy atom. The van der Waals surface area contributed by atoms with E-state index in [2.05, 4.69) is 6.07 Å². The smallest absolute Gasteiger partial charge is 0.0991 e. The zero-order valence-electron chi connectivity index (χ0n) is 8.35. The minimum Gasteiger partial charge on any atom is -0.192 e. The first-order valence-electron chi connectivity index (χ1n) is 4.71. The standard InChI is InChI=1S/C13H8ClNS/c14-11-2-1-3-13(8-11)16-12-6-4-10(9-15)5-7-12/h1-8H. The molecular weight excluding hydrogens is 238 g/mol. The number of nitriles is 1. The summed E-state index contributed by atoms with van der Waals surface area (Å²) in [5.41, 5.74) is 0.676. The monoisotopic (exact) mass is 245 g/mol. The Kier molecular flexibility index (Phi) is 3.51. The van der Waals surface area contributed by atoms with Gasteiger partial charge < -0.3 is 0 Å². The topological polar surface area (TPSA) is 23.8 Å². The van der Waals surface area contributed by atoms with Crippen molar-refractivity contribution in [1.82, 2.24) is 0 Å². The zero-order chi connectivity index (χ0) is 11.4. The molecular formula is C13H8ClNS. The molecule has 0 saturated carbocycles. The molecule has 2 aromatic rings. The first kappa shape index (κ1) is 11.1. The summed E-state index contributed by atoms with van der Waals surface area (Å²) >= 11 is 7.53. The maximum Gasteiger partial charge on any atom is 0.0991 e. The van der Waals surface area contributed by atoms with Crippen LogP contribution in [-0.2, 0) is 0 Å². The lowest BCUT2D eigenvalue weighted by Crippen LogP contribution is -1.76. The molecule has 0 unspecified atom stereocenters. The van der Waals surface area contributed by atoms with Crippen molar-refractivity contribution in [2.45, 2.75) is 9.79 Å². The van der Waals surface area contributed by atoms with E-state index in [9.17, 15) is 0 Å². The van der Waals surface area contributed by atoms with E-state index in [-0.39, 0.29) is 0 Å². The highest BCUT2D eigenvalue weighted by Crippen LogP contribution is 2.29. The molecule has 78 valence electrons. The fraction of sp³-hybridized carbons (Fsp3) is 0. The van der Waals surface area contributed by atoms with E-state index in [4.69, 9.17) is 16.9 Å². The molecule has 0 aliphatic carbocycles. The molecule has 0 aliphatic rings. The fourth-order valence-electron chi connectivity index (χ4n) is 1.26. The maximum absolute atomic E-state index is 8.68. The molecule has 0 N–H and O–H groups in total. The minimum atomic E-state index is 0.676. The van der Waals surface area contributed by atoms with Crippen LogP contribution in [0.25, 0.3) is 0 Å². The molecule has 0 aliphatic heterocycles. The van der Waals surface area contributed by atoms with Gasteiger partial charge in [-0.1, -0.05) is 29.4 Å². The second-order valence-corrected chi connectivity index (χ2v) is 4.78. The van der Waals surface area contributed by atoms with Gasteiger partial charge in [0.05, 0.1) is 11.6 Å². The van der Waals surface area contributed by atoms with E-state index in [0.717, 1.165) is 14.8 Å². The molecule has 0 aromatic heterocycles. The molecule has 0 heterocycles. The normalized spacial score (nSPS) is 9.75. The average Bonchev–Trinajstić information content (AvgIpc) is 2.30. The van der Waals surface area contributed by atoms with Crippen LogP contribution in [0.15, 0.2) is 58.3 Å². The predicted molar refractivity (Wildman–Crippen MR) is 66.7 cm³/mol. The molecule has 2 rings (SSSR count). The van der Waals surface area contributed by atoms with Crippen LogP contribution in [0.3, 0.4) is 0 Å². The number of halogens is 1. The summed E-state index contributed by atoms with van der Waals surface area (Å²) in [7, 11) is 0. The lowest BCUT2D eigenvalue weighted by Gasteiger charge is -2.01. The van der Waals surface area contributed by atoms with Gasteiger partial charge in [0.1, 0.15) is 0 Å². The maximum atomic E-state index is 8.68. The van der Waals surface area contributed by atoms with Crippen molar-refractivity contribution in [3.8, 4) is 6.07 Å². The molecule has 0 spiro atoms. The van der Waals surface area contributed by atoms with Gasteiger partial charge in [0.25, 0.3) is 0 Å². The van der Waals surface area contributed by atoms with Crippen molar-refractivity contribution in [1.29, 1.82) is 5.26 Å². The average molecular weight is 246 g/mol. The Morgan fingerprint density at radius 3 is 2.38 bits per heavy atom. The highest BCUT2D eigenvalue weighted by Gasteiger charge is 1.98. The molecule has 2 aromatic carbocycles. The van der Waals surface area contributed by atoms with E-state index in [1.807, 2.05) is 48.5 Å². The molecule has 3 heteroatoms. The third kappa shape index (κ3) is 2.79. The van der Waals surface area contributed by atoms with Crippen molar-refractivity contribution in [2.24, 2.45) is 0 Å². The van der Waals surface area contributed by atoms with Gasteiger partial charge in [0.15, 0.2) is 0 Å². The number of hydrogen-bond acceptors (Lipinski definition) is 2. The van der Waals surface area contributed by atoms with Crippen LogP contribution < -0.4 is 0 Å². The van der Waals surface area contributed by atoms with Crippen molar-refractivity contribution >= 4 is 23.4 Å². The molecule has 0 bridgehead atoms. The zero-order valence-corrected chi connectivity index (χ0v) is 9.92. The number of hydrogen-bond donors (Lipinski definition) is 0. The highest BCUT2D eigenvalue weighted by atomic mass is 35.5. The van der Waals surface area contributed by atoms with Gasteiger partial charge in [0.2, 0.25) is 0 Å². The summed E-state index contributed by atoms with van der Waals surface area (Å²) in [6.45, 7) is 0. The molecule has 0 atom stereocenters. The van der Waals surface area contributed by atoms with Crippen molar-refractivity contribution < 1.29 is 0 Å². The predicted octanol–water partition coefficient (Wildman–Crippen LogP) is 4.36. The number of nitrogens with zero attached hydrogens (tertiary/aromatic N) is 1. The van der Waals surface area contributed by atoms with Crippen LogP contribution in [0.2, 0.25) is 5.02 Å². The summed E-state index contributed by atoms with van der Waals surface area (Å²) in [5.74, 6) is 0. The van der Waals surface area contributed by atoms with Crippen LogP contribution in [0.4, 0.5) is 0 Å². The van der Waals surface area contributed by atoms with E-state index in [1.54, 1.807) is 11.8 Å². The van der Waals surface area contributed by atoms with Gasteiger partial charge >= 0.3 is 0 Å². The van der Waals surface area contributed by atoms with Gasteiger partial charge in [-0.05, 0) is 42.5 Å². The second-order valence-electron chi connectivity index (χ2n) is 3.20. The Labute approximate surface area is 104 Å². The lowest BCUT2D eigenvalue weighted by molar-refractivity contribution is 1.39. The molecule has 0 fully saturated rings. The largest absolute Gasteiger partial charge is 0.192 e. The third-order valence-corrected chi connectivity index (χ3v) is 3.25. The minimum absolute atomic E-state index is 0.676. The van der Waals surface area contributed by atoms with Crippen molar-refractivity contribution in [3.05, 3.63) is 59.1 Å². The van der Waals surface area contributed by atoms with E-state index < -0.39 is 0 Å². The van der Waals surface area contributed by atoms with Crippen LogP contribution >= 0.6 is 23.4 Å². The van der Waals surface area contributed by atoms with Crippen LogP contribution in [0.5, 0.6) is 0 Å². The lowest BCUT2D eigenvalue weighted by atomic mass is 10.2. The van der Waals surface area contributed by atoms with Crippen molar-refractivity contribution in [3.63, 3.8) is 0 Å². The van der Waals surface area contributed by atoms with Crippen molar-refractivity contribution in [2.75, 3.05) is 0 Å². The van der Waals surface area contributed by atoms with Gasteiger partial charge in [-0.15, -0.1) is 0 Å². The van der Waals surface area contributed by atoms with Crippen LogP contribution in [0, 0.1) is 11.3 Å². The number of rotatable bonds is 2. The van der Waals surface area contributed by atoms with E-state index in [1.165, 1.54) is 0 Å². The van der Waals surface area contributed by atoms with Gasteiger partial charge in [-0.3, -0.25) is 0 Å². The summed E-state index contributed by atoms with van der Waals surface area (Å²) in [5, 5.41) is 9.42. The summed E-state index contributed by atoms with van der Waals surface area (Å²) in [4.78, 5) is 2.19. The molecule has 1 nitrogen and oxygen atoms in total. The van der Waals surface area contributed by atoms with E-state index in [0.29, 0.717) is 5.56 Å². The van der Waals surface area contributed by atoms with Gasteiger partial charge in [-0.25, -0.2) is 0 Å². The van der Waals surface area contributed by atoms with Crippen LogP contribution in [0.1, 0.15) is 5.56 Å². The van der Waals surface area contributed by atoms with Gasteiger partial charge in [0, 0.05) is 14.8 Å². The molecule has 0 amide bonds. The fourth-order valence-corrected chi connectivity index (χ4v) is 2.40. The Hall–Kier alpha value is -1.43. The summed E-state index contributed by atoms with van der Waals surface area (Å²) in [6, 6.07) is 17.3. The Morgan fingerprint density at radius 2 is 1.75 bits per heavy atom. The third-order valence-electron chi connectivity index (χ3n) is 2.02. The molecule has 0 saturated heterocycles. The second kappa shape index (κ2) is 5.07. The van der Waals surface area contributed by atoms with E-state index >= 15 is 0 Å². The quantitative estimate of drug-likeness (QED) is 0.785. The molecule has 0 radical (unpaired) electrons. The van der Waals surface area contributed by atoms with Gasteiger partial charge in [-0.2, -0.15) is 5.26 Å². The highest BCUT2D eigenvalue weighted by molar-refractivity contribution is 7.99. The SMILES string of the molecule is N#Cc1ccc(Sc2cccc(Cl)c2)cc1. The number of benzene rings is 2. The Bertz CT molecular complexity index is 528. The summed E-state index contributed by atoms with van der Waals surface area (Å²) in [6.07, 6.45) is 0. The first-order valence-corrected chi connectivity index (χ1v) is 5.91. The molecule has 16 heavy (non-hydrogen) atoms. The van der Waals surface area contributed by atoms with Crippen LogP contribution in [-0.4, -0.2) is 0 Å².